The Balaban J connectivity index is 1.59. The van der Waals surface area contributed by atoms with Crippen LogP contribution in [0.3, 0.4) is 0 Å². The molecule has 0 amide bonds. The maximum atomic E-state index is 5.06. The van der Waals surface area contributed by atoms with Gasteiger partial charge in [0.05, 0.1) is 5.69 Å². The van der Waals surface area contributed by atoms with E-state index in [4.69, 9.17) is 4.98 Å². The SMILES string of the molecule is Cc1ccn2cc(-c3ccccc3)nc2c1C1CC(C)C2NNCC2C1. The zero-order chi connectivity index (χ0) is 17.7. The number of hydrogen-bond donors (Lipinski definition) is 2. The standard InChI is InChI=1S/C22H26N4/c1-14-8-9-26-13-19(16-6-4-3-5-7-16)24-22(26)20(14)17-10-15(2)21-18(11-17)12-23-25-21/h3-9,13,15,17-18,21,23,25H,10-12H2,1-2H3. The second kappa shape index (κ2) is 6.22. The van der Waals surface area contributed by atoms with Crippen LogP contribution in [0.2, 0.25) is 0 Å². The molecule has 4 atom stereocenters. The first-order chi connectivity index (χ1) is 12.7. The minimum absolute atomic E-state index is 0.586. The van der Waals surface area contributed by atoms with E-state index in [1.54, 1.807) is 0 Å². The van der Waals surface area contributed by atoms with Gasteiger partial charge in [0, 0.05) is 36.1 Å². The van der Waals surface area contributed by atoms with E-state index in [1.165, 1.54) is 29.5 Å². The zero-order valence-electron chi connectivity index (χ0n) is 15.4. The fraction of sp³-hybridized carbons (Fsp3) is 0.409. The molecule has 4 unspecified atom stereocenters. The average Bonchev–Trinajstić information content (AvgIpc) is 3.29. The van der Waals surface area contributed by atoms with Gasteiger partial charge in [-0.05, 0) is 49.1 Å². The van der Waals surface area contributed by atoms with Crippen molar-refractivity contribution in [2.45, 2.75) is 38.6 Å². The van der Waals surface area contributed by atoms with E-state index >= 15 is 0 Å². The molecule has 3 aromatic rings. The van der Waals surface area contributed by atoms with Crippen molar-refractivity contribution < 1.29 is 0 Å². The third-order valence-electron chi connectivity index (χ3n) is 6.36. The number of benzene rings is 1. The highest BCUT2D eigenvalue weighted by atomic mass is 15.4. The lowest BCUT2D eigenvalue weighted by Crippen LogP contribution is -2.41. The van der Waals surface area contributed by atoms with Gasteiger partial charge in [-0.25, -0.2) is 4.98 Å². The van der Waals surface area contributed by atoms with E-state index in [0.717, 1.165) is 17.9 Å². The first-order valence-electron chi connectivity index (χ1n) is 9.72. The summed E-state index contributed by atoms with van der Waals surface area (Å²) < 4.78 is 2.21. The molecule has 1 saturated heterocycles. The predicted octanol–water partition coefficient (Wildman–Crippen LogP) is 3.92. The van der Waals surface area contributed by atoms with E-state index in [1.807, 2.05) is 0 Å². The van der Waals surface area contributed by atoms with Crippen LogP contribution in [0.4, 0.5) is 0 Å². The molecule has 3 heterocycles. The molecule has 0 radical (unpaired) electrons. The van der Waals surface area contributed by atoms with Crippen LogP contribution < -0.4 is 10.9 Å². The molecule has 4 nitrogen and oxygen atoms in total. The molecule has 1 aliphatic carbocycles. The van der Waals surface area contributed by atoms with Crippen LogP contribution in [0.5, 0.6) is 0 Å². The number of imidazole rings is 1. The van der Waals surface area contributed by atoms with Crippen molar-refractivity contribution in [1.29, 1.82) is 0 Å². The summed E-state index contributed by atoms with van der Waals surface area (Å²) in [5, 5.41) is 0. The average molecular weight is 346 g/mol. The van der Waals surface area contributed by atoms with Crippen LogP contribution >= 0.6 is 0 Å². The Morgan fingerprint density at radius 1 is 1.12 bits per heavy atom. The Bertz CT molecular complexity index is 930. The van der Waals surface area contributed by atoms with Gasteiger partial charge < -0.3 is 4.40 Å². The predicted molar refractivity (Wildman–Crippen MR) is 105 cm³/mol. The molecular weight excluding hydrogens is 320 g/mol. The molecule has 2 fully saturated rings. The third kappa shape index (κ3) is 2.56. The molecule has 134 valence electrons. The first-order valence-corrected chi connectivity index (χ1v) is 9.72. The molecule has 2 N–H and O–H groups in total. The highest BCUT2D eigenvalue weighted by Crippen LogP contribution is 2.42. The minimum atomic E-state index is 0.586. The van der Waals surface area contributed by atoms with Crippen LogP contribution in [0.1, 0.15) is 36.8 Å². The molecule has 2 aromatic heterocycles. The molecule has 1 aliphatic heterocycles. The monoisotopic (exact) mass is 346 g/mol. The van der Waals surface area contributed by atoms with Gasteiger partial charge in [-0.3, -0.25) is 10.9 Å². The number of hydrogen-bond acceptors (Lipinski definition) is 3. The Kier molecular flexibility index (Phi) is 3.84. The smallest absolute Gasteiger partial charge is 0.141 e. The van der Waals surface area contributed by atoms with E-state index in [0.29, 0.717) is 23.8 Å². The fourth-order valence-corrected chi connectivity index (χ4v) is 5.10. The molecule has 2 aliphatic rings. The van der Waals surface area contributed by atoms with Crippen molar-refractivity contribution in [3.63, 3.8) is 0 Å². The largest absolute Gasteiger partial charge is 0.306 e. The van der Waals surface area contributed by atoms with Gasteiger partial charge in [0.1, 0.15) is 5.65 Å². The van der Waals surface area contributed by atoms with Gasteiger partial charge in [-0.15, -0.1) is 0 Å². The van der Waals surface area contributed by atoms with Crippen LogP contribution in [-0.2, 0) is 0 Å². The molecule has 5 rings (SSSR count). The number of aromatic nitrogens is 2. The van der Waals surface area contributed by atoms with E-state index < -0.39 is 0 Å². The fourth-order valence-electron chi connectivity index (χ4n) is 5.10. The summed E-state index contributed by atoms with van der Waals surface area (Å²) in [6, 6.07) is 13.3. The topological polar surface area (TPSA) is 41.4 Å². The summed E-state index contributed by atoms with van der Waals surface area (Å²) in [5.74, 6) is 1.98. The lowest BCUT2D eigenvalue weighted by atomic mass is 9.70. The number of nitrogens with one attached hydrogen (secondary N) is 2. The van der Waals surface area contributed by atoms with Gasteiger partial charge >= 0.3 is 0 Å². The molecule has 0 bridgehead atoms. The summed E-state index contributed by atoms with van der Waals surface area (Å²) in [4.78, 5) is 5.06. The number of nitrogens with zero attached hydrogens (tertiary/aromatic N) is 2. The Morgan fingerprint density at radius 2 is 1.96 bits per heavy atom. The third-order valence-corrected chi connectivity index (χ3v) is 6.36. The maximum absolute atomic E-state index is 5.06. The normalized spacial score (nSPS) is 28.4. The Labute approximate surface area is 154 Å². The molecule has 1 aromatic carbocycles. The van der Waals surface area contributed by atoms with Gasteiger partial charge in [0.25, 0.3) is 0 Å². The highest BCUT2D eigenvalue weighted by Gasteiger charge is 2.39. The van der Waals surface area contributed by atoms with Crippen molar-refractivity contribution in [3.8, 4) is 11.3 Å². The van der Waals surface area contributed by atoms with Gasteiger partial charge in [0.15, 0.2) is 0 Å². The Morgan fingerprint density at radius 3 is 2.81 bits per heavy atom. The lowest BCUT2D eigenvalue weighted by molar-refractivity contribution is 0.225. The number of hydrazine groups is 1. The summed E-state index contributed by atoms with van der Waals surface area (Å²) in [6.45, 7) is 5.71. The van der Waals surface area contributed by atoms with Gasteiger partial charge in [-0.2, -0.15) is 0 Å². The molecular formula is C22H26N4. The summed E-state index contributed by atoms with van der Waals surface area (Å²) in [5.41, 5.74) is 13.1. The van der Waals surface area contributed by atoms with Crippen molar-refractivity contribution in [3.05, 3.63) is 59.9 Å². The number of fused-ring (bicyclic) bond motifs is 2. The summed E-state index contributed by atoms with van der Waals surface area (Å²) in [6.07, 6.45) is 6.79. The molecule has 26 heavy (non-hydrogen) atoms. The van der Waals surface area contributed by atoms with Crippen molar-refractivity contribution in [2.24, 2.45) is 11.8 Å². The molecule has 4 heteroatoms. The van der Waals surface area contributed by atoms with Crippen LogP contribution in [0.25, 0.3) is 16.9 Å². The first kappa shape index (κ1) is 16.0. The Hall–Kier alpha value is -2.17. The van der Waals surface area contributed by atoms with Gasteiger partial charge in [-0.1, -0.05) is 37.3 Å². The minimum Gasteiger partial charge on any atom is -0.306 e. The van der Waals surface area contributed by atoms with Gasteiger partial charge in [0.2, 0.25) is 0 Å². The highest BCUT2D eigenvalue weighted by molar-refractivity contribution is 5.65. The van der Waals surface area contributed by atoms with Crippen molar-refractivity contribution >= 4 is 5.65 Å². The van der Waals surface area contributed by atoms with Crippen LogP contribution in [0, 0.1) is 18.8 Å². The maximum Gasteiger partial charge on any atom is 0.141 e. The number of rotatable bonds is 2. The van der Waals surface area contributed by atoms with Crippen LogP contribution in [-0.4, -0.2) is 22.0 Å². The van der Waals surface area contributed by atoms with Crippen molar-refractivity contribution in [1.82, 2.24) is 20.2 Å². The number of pyridine rings is 1. The lowest BCUT2D eigenvalue weighted by Gasteiger charge is -2.36. The zero-order valence-corrected chi connectivity index (χ0v) is 15.4. The molecule has 0 spiro atoms. The van der Waals surface area contributed by atoms with E-state index in [-0.39, 0.29) is 0 Å². The second-order valence-electron chi connectivity index (χ2n) is 8.09. The molecule has 1 saturated carbocycles. The van der Waals surface area contributed by atoms with Crippen molar-refractivity contribution in [2.75, 3.05) is 6.54 Å². The number of aryl methyl sites for hydroxylation is 1. The van der Waals surface area contributed by atoms with E-state index in [9.17, 15) is 0 Å². The van der Waals surface area contributed by atoms with E-state index in [2.05, 4.69) is 77.9 Å². The summed E-state index contributed by atoms with van der Waals surface area (Å²) in [7, 11) is 0. The van der Waals surface area contributed by atoms with Crippen LogP contribution in [0.15, 0.2) is 48.8 Å². The summed E-state index contributed by atoms with van der Waals surface area (Å²) >= 11 is 0. The second-order valence-corrected chi connectivity index (χ2v) is 8.09. The quantitative estimate of drug-likeness (QED) is 0.739.